The number of nitrogens with one attached hydrogen (secondary N) is 1. The lowest BCUT2D eigenvalue weighted by Crippen LogP contribution is -2.24. The van der Waals surface area contributed by atoms with Crippen LogP contribution in [-0.2, 0) is 0 Å². The number of nitrogens with two attached hydrogens (primary N) is 1. The maximum absolute atomic E-state index is 11.9. The van der Waals surface area contributed by atoms with Crippen molar-refractivity contribution in [3.8, 4) is 16.8 Å². The van der Waals surface area contributed by atoms with Crippen molar-refractivity contribution in [1.82, 2.24) is 9.78 Å². The third kappa shape index (κ3) is 4.19. The second kappa shape index (κ2) is 8.29. The molecular formula is C22H17Cl2N5O2. The summed E-state index contributed by atoms with van der Waals surface area (Å²) in [5, 5.41) is 19.6. The molecule has 9 heteroatoms. The molecule has 0 bridgehead atoms. The van der Waals surface area contributed by atoms with Crippen molar-refractivity contribution in [3.63, 3.8) is 0 Å². The van der Waals surface area contributed by atoms with Gasteiger partial charge in [0.15, 0.2) is 18.1 Å². The highest BCUT2D eigenvalue weighted by Crippen LogP contribution is 2.31. The number of amides is 1. The highest BCUT2D eigenvalue weighted by Gasteiger charge is 2.18. The molecule has 0 atom stereocenters. The highest BCUT2D eigenvalue weighted by molar-refractivity contribution is 6.37. The lowest BCUT2D eigenvalue weighted by atomic mass is 10.0. The maximum Gasteiger partial charge on any atom is 0.271 e. The summed E-state index contributed by atoms with van der Waals surface area (Å²) < 4.78 is 2.19. The summed E-state index contributed by atoms with van der Waals surface area (Å²) in [6.45, 7) is 1.88. The molecule has 0 aliphatic rings. The van der Waals surface area contributed by atoms with Crippen LogP contribution in [0.2, 0.25) is 10.0 Å². The Morgan fingerprint density at radius 2 is 1.81 bits per heavy atom. The van der Waals surface area contributed by atoms with Crippen molar-refractivity contribution in [2.75, 3.05) is 5.32 Å². The van der Waals surface area contributed by atoms with E-state index in [0.717, 1.165) is 27.1 Å². The van der Waals surface area contributed by atoms with Crippen molar-refractivity contribution in [2.24, 2.45) is 5.73 Å². The van der Waals surface area contributed by atoms with Gasteiger partial charge in [0, 0.05) is 17.3 Å². The van der Waals surface area contributed by atoms with Gasteiger partial charge in [0.2, 0.25) is 0 Å². The zero-order valence-corrected chi connectivity index (χ0v) is 17.9. The predicted molar refractivity (Wildman–Crippen MR) is 121 cm³/mol. The zero-order chi connectivity index (χ0) is 22.1. The van der Waals surface area contributed by atoms with Crippen LogP contribution in [0.5, 0.6) is 0 Å². The Bertz CT molecular complexity index is 1270. The van der Waals surface area contributed by atoms with Gasteiger partial charge in [-0.05, 0) is 42.3 Å². The van der Waals surface area contributed by atoms with E-state index >= 15 is 0 Å². The number of carbonyl (C=O) groups excluding carboxylic acids is 1. The number of para-hydroxylation sites is 1. The van der Waals surface area contributed by atoms with Crippen LogP contribution < -0.4 is 15.8 Å². The number of rotatable bonds is 5. The molecule has 1 amide bonds. The topological polar surface area (TPSA) is 99.9 Å². The van der Waals surface area contributed by atoms with E-state index in [4.69, 9.17) is 28.9 Å². The lowest BCUT2D eigenvalue weighted by molar-refractivity contribution is -0.605. The Hall–Kier alpha value is -3.55. The van der Waals surface area contributed by atoms with Gasteiger partial charge in [-0.15, -0.1) is 0 Å². The molecule has 2 aromatic carbocycles. The molecule has 4 aromatic rings. The summed E-state index contributed by atoms with van der Waals surface area (Å²) in [6.07, 6.45) is 4.59. The van der Waals surface area contributed by atoms with E-state index < -0.39 is 5.91 Å². The Kier molecular flexibility index (Phi) is 5.54. The summed E-state index contributed by atoms with van der Waals surface area (Å²) in [7, 11) is 0. The average Bonchev–Trinajstić information content (AvgIpc) is 3.12. The van der Waals surface area contributed by atoms with E-state index in [1.807, 2.05) is 31.2 Å². The molecule has 0 saturated carbocycles. The second-order valence-corrected chi connectivity index (χ2v) is 7.69. The molecule has 7 nitrogen and oxygen atoms in total. The van der Waals surface area contributed by atoms with Gasteiger partial charge in [0.1, 0.15) is 5.69 Å². The average molecular weight is 454 g/mol. The van der Waals surface area contributed by atoms with Crippen molar-refractivity contribution in [2.45, 2.75) is 6.92 Å². The smallest absolute Gasteiger partial charge is 0.271 e. The molecule has 0 unspecified atom stereocenters. The summed E-state index contributed by atoms with van der Waals surface area (Å²) >= 11 is 12.5. The fourth-order valence-corrected chi connectivity index (χ4v) is 3.84. The van der Waals surface area contributed by atoms with E-state index in [1.165, 1.54) is 17.1 Å². The van der Waals surface area contributed by atoms with Gasteiger partial charge in [-0.2, -0.15) is 9.83 Å². The van der Waals surface area contributed by atoms with Crippen LogP contribution in [0.15, 0.2) is 67.1 Å². The number of halogens is 2. The number of primary amides is 1. The minimum Gasteiger partial charge on any atom is -0.619 e. The number of carbonyl (C=O) groups is 1. The van der Waals surface area contributed by atoms with Crippen LogP contribution in [0.1, 0.15) is 16.1 Å². The number of benzene rings is 2. The summed E-state index contributed by atoms with van der Waals surface area (Å²) in [5.41, 5.74) is 9.94. The number of anilines is 2. The van der Waals surface area contributed by atoms with Crippen molar-refractivity contribution < 1.29 is 9.52 Å². The van der Waals surface area contributed by atoms with Gasteiger partial charge in [-0.3, -0.25) is 4.79 Å². The molecule has 3 N–H and O–H groups in total. The minimum absolute atomic E-state index is 0.0546. The van der Waals surface area contributed by atoms with Gasteiger partial charge in [0.25, 0.3) is 5.91 Å². The number of hydrogen-bond donors (Lipinski definition) is 2. The van der Waals surface area contributed by atoms with E-state index in [0.29, 0.717) is 21.4 Å². The van der Waals surface area contributed by atoms with Crippen LogP contribution in [0.25, 0.3) is 16.8 Å². The summed E-state index contributed by atoms with van der Waals surface area (Å²) in [6, 6.07) is 14.4. The number of aryl methyl sites for hydroxylation is 1. The van der Waals surface area contributed by atoms with Crippen molar-refractivity contribution in [3.05, 3.63) is 93.6 Å². The predicted octanol–water partition coefficient (Wildman–Crippen LogP) is 4.63. The van der Waals surface area contributed by atoms with Gasteiger partial charge in [0.05, 0.1) is 21.9 Å². The minimum atomic E-state index is -0.688. The first-order chi connectivity index (χ1) is 14.8. The number of pyridine rings is 1. The zero-order valence-electron chi connectivity index (χ0n) is 16.3. The molecule has 31 heavy (non-hydrogen) atoms. The molecule has 2 aromatic heterocycles. The fraction of sp³-hybridized carbons (Fsp3) is 0.0455. The van der Waals surface area contributed by atoms with E-state index in [-0.39, 0.29) is 5.69 Å². The maximum atomic E-state index is 11.9. The van der Waals surface area contributed by atoms with Crippen LogP contribution in [-0.4, -0.2) is 15.7 Å². The van der Waals surface area contributed by atoms with Crippen LogP contribution in [0.4, 0.5) is 11.4 Å². The monoisotopic (exact) mass is 453 g/mol. The molecule has 0 saturated heterocycles. The third-order valence-corrected chi connectivity index (χ3v) is 5.33. The molecule has 156 valence electrons. The van der Waals surface area contributed by atoms with Gasteiger partial charge in [-0.1, -0.05) is 41.4 Å². The largest absolute Gasteiger partial charge is 0.619 e. The van der Waals surface area contributed by atoms with E-state index in [9.17, 15) is 10.0 Å². The normalized spacial score (nSPS) is 10.8. The first-order valence-electron chi connectivity index (χ1n) is 9.24. The molecule has 0 fully saturated rings. The first kappa shape index (κ1) is 20.7. The quantitative estimate of drug-likeness (QED) is 0.339. The fourth-order valence-electron chi connectivity index (χ4n) is 3.27. The Balaban J connectivity index is 1.66. The van der Waals surface area contributed by atoms with Gasteiger partial charge >= 0.3 is 0 Å². The summed E-state index contributed by atoms with van der Waals surface area (Å²) in [5.74, 6) is -0.688. The summed E-state index contributed by atoms with van der Waals surface area (Å²) in [4.78, 5) is 11.9. The number of nitrogens with zero attached hydrogens (tertiary/aromatic N) is 3. The number of hydrogen-bond acceptors (Lipinski definition) is 4. The highest BCUT2D eigenvalue weighted by atomic mass is 35.5. The van der Waals surface area contributed by atoms with Crippen molar-refractivity contribution >= 4 is 40.5 Å². The van der Waals surface area contributed by atoms with E-state index in [2.05, 4.69) is 10.4 Å². The van der Waals surface area contributed by atoms with Crippen LogP contribution in [0, 0.1) is 12.1 Å². The molecule has 0 spiro atoms. The lowest BCUT2D eigenvalue weighted by Gasteiger charge is -2.09. The molecule has 0 radical (unpaired) electrons. The Morgan fingerprint density at radius 1 is 1.13 bits per heavy atom. The van der Waals surface area contributed by atoms with Crippen LogP contribution in [0.3, 0.4) is 0 Å². The van der Waals surface area contributed by atoms with Crippen molar-refractivity contribution in [1.29, 1.82) is 0 Å². The molecule has 0 aliphatic heterocycles. The van der Waals surface area contributed by atoms with Crippen LogP contribution >= 0.6 is 23.2 Å². The third-order valence-electron chi connectivity index (χ3n) is 4.72. The standard InChI is InChI=1S/C22H17Cl2N5O2/c1-13-11-28(31)10-9-16(13)14-5-7-15(8-6-14)26-19-12-29(27-20(19)22(25)30)21-17(23)3-2-4-18(21)24/h2-12,26H,1H3,(H2,25,30). The Labute approximate surface area is 188 Å². The molecule has 2 heterocycles. The molecular weight excluding hydrogens is 437 g/mol. The first-order valence-corrected chi connectivity index (χ1v) is 10.00. The molecule has 0 aliphatic carbocycles. The SMILES string of the molecule is Cc1c[n+]([O-])ccc1-c1ccc(Nc2cn(-c3c(Cl)cccc3Cl)nc2C(N)=O)cc1. The number of aromatic nitrogens is 3. The Morgan fingerprint density at radius 3 is 2.42 bits per heavy atom. The van der Waals surface area contributed by atoms with Gasteiger partial charge < -0.3 is 16.3 Å². The second-order valence-electron chi connectivity index (χ2n) is 6.87. The molecule has 4 rings (SSSR count). The van der Waals surface area contributed by atoms with Gasteiger partial charge in [-0.25, -0.2) is 4.68 Å². The van der Waals surface area contributed by atoms with E-state index in [1.54, 1.807) is 30.5 Å².